The summed E-state index contributed by atoms with van der Waals surface area (Å²) in [6.45, 7) is 4.68. The lowest BCUT2D eigenvalue weighted by atomic mass is 10.2. The Bertz CT molecular complexity index is 596. The van der Waals surface area contributed by atoms with Crippen molar-refractivity contribution < 1.29 is 4.79 Å². The molecule has 2 rings (SSSR count). The van der Waals surface area contributed by atoms with Crippen LogP contribution in [0.1, 0.15) is 24.3 Å². The maximum atomic E-state index is 11.8. The molecule has 0 radical (unpaired) electrons. The number of halogens is 1. The third kappa shape index (κ3) is 4.72. The van der Waals surface area contributed by atoms with Crippen LogP contribution in [0.4, 0.5) is 11.5 Å². The molecule has 0 saturated heterocycles. The molecule has 1 aromatic carbocycles. The van der Waals surface area contributed by atoms with Crippen LogP contribution >= 0.6 is 11.6 Å². The Morgan fingerprint density at radius 3 is 2.43 bits per heavy atom. The Labute approximate surface area is 128 Å². The van der Waals surface area contributed by atoms with Gasteiger partial charge in [-0.2, -0.15) is 0 Å². The molecule has 6 heteroatoms. The van der Waals surface area contributed by atoms with Gasteiger partial charge in [0.2, 0.25) is 0 Å². The van der Waals surface area contributed by atoms with E-state index >= 15 is 0 Å². The van der Waals surface area contributed by atoms with Crippen LogP contribution in [0.15, 0.2) is 36.4 Å². The normalized spacial score (nSPS) is 10.5. The second kappa shape index (κ2) is 7.04. The van der Waals surface area contributed by atoms with Gasteiger partial charge in [0, 0.05) is 17.3 Å². The van der Waals surface area contributed by atoms with Gasteiger partial charge in [0.25, 0.3) is 5.91 Å². The van der Waals surface area contributed by atoms with E-state index in [2.05, 4.69) is 20.8 Å². The van der Waals surface area contributed by atoms with Gasteiger partial charge < -0.3 is 10.6 Å². The van der Waals surface area contributed by atoms with Gasteiger partial charge in [0.1, 0.15) is 0 Å². The van der Waals surface area contributed by atoms with Gasteiger partial charge in [-0.1, -0.05) is 25.4 Å². The van der Waals surface area contributed by atoms with Gasteiger partial charge in [-0.15, -0.1) is 10.2 Å². The van der Waals surface area contributed by atoms with Crippen LogP contribution in [-0.4, -0.2) is 22.6 Å². The summed E-state index contributed by atoms with van der Waals surface area (Å²) in [4.78, 5) is 11.8. The van der Waals surface area contributed by atoms with E-state index in [0.717, 1.165) is 5.69 Å². The standard InChI is InChI=1S/C15H17ClN4O/c1-10(2)9-17-15(21)13-7-8-14(20-19-13)18-12-5-3-11(16)4-6-12/h3-8,10H,9H2,1-2H3,(H,17,21)(H,18,20). The zero-order valence-corrected chi connectivity index (χ0v) is 12.7. The van der Waals surface area contributed by atoms with Crippen LogP contribution in [0.25, 0.3) is 0 Å². The number of aromatic nitrogens is 2. The van der Waals surface area contributed by atoms with Crippen LogP contribution in [0.2, 0.25) is 5.02 Å². The molecule has 0 aliphatic heterocycles. The number of hydrogen-bond donors (Lipinski definition) is 2. The molecule has 1 amide bonds. The van der Waals surface area contributed by atoms with Crippen molar-refractivity contribution in [1.29, 1.82) is 0 Å². The molecule has 2 aromatic rings. The van der Waals surface area contributed by atoms with Crippen molar-refractivity contribution in [2.24, 2.45) is 5.92 Å². The highest BCUT2D eigenvalue weighted by Gasteiger charge is 2.08. The molecule has 5 nitrogen and oxygen atoms in total. The minimum absolute atomic E-state index is 0.214. The maximum Gasteiger partial charge on any atom is 0.271 e. The molecule has 0 atom stereocenters. The Kier molecular flexibility index (Phi) is 5.11. The fraction of sp³-hybridized carbons (Fsp3) is 0.267. The molecule has 0 fully saturated rings. The lowest BCUT2D eigenvalue weighted by molar-refractivity contribution is 0.0943. The molecule has 0 aliphatic carbocycles. The van der Waals surface area contributed by atoms with Crippen molar-refractivity contribution in [3.8, 4) is 0 Å². The molecule has 1 heterocycles. The second-order valence-corrected chi connectivity index (χ2v) is 5.48. The first-order chi connectivity index (χ1) is 10.0. The molecule has 2 N–H and O–H groups in total. The molecular formula is C15H17ClN4O. The Morgan fingerprint density at radius 1 is 1.14 bits per heavy atom. The van der Waals surface area contributed by atoms with Crippen molar-refractivity contribution in [1.82, 2.24) is 15.5 Å². The number of benzene rings is 1. The van der Waals surface area contributed by atoms with Gasteiger partial charge in [-0.3, -0.25) is 4.79 Å². The highest BCUT2D eigenvalue weighted by atomic mass is 35.5. The van der Waals surface area contributed by atoms with Crippen molar-refractivity contribution in [2.45, 2.75) is 13.8 Å². The number of carbonyl (C=O) groups excluding carboxylic acids is 1. The molecule has 1 aromatic heterocycles. The van der Waals surface area contributed by atoms with E-state index in [1.165, 1.54) is 0 Å². The lowest BCUT2D eigenvalue weighted by Gasteiger charge is -2.08. The van der Waals surface area contributed by atoms with E-state index in [9.17, 15) is 4.79 Å². The SMILES string of the molecule is CC(C)CNC(=O)c1ccc(Nc2ccc(Cl)cc2)nn1. The predicted molar refractivity (Wildman–Crippen MR) is 83.9 cm³/mol. The minimum atomic E-state index is -0.214. The number of rotatable bonds is 5. The summed E-state index contributed by atoms with van der Waals surface area (Å²) in [5.74, 6) is 0.750. The second-order valence-electron chi connectivity index (χ2n) is 5.04. The van der Waals surface area contributed by atoms with E-state index in [0.29, 0.717) is 29.0 Å². The van der Waals surface area contributed by atoms with E-state index in [1.54, 1.807) is 24.3 Å². The van der Waals surface area contributed by atoms with Crippen molar-refractivity contribution in [3.05, 3.63) is 47.1 Å². The maximum absolute atomic E-state index is 11.8. The zero-order valence-electron chi connectivity index (χ0n) is 11.9. The van der Waals surface area contributed by atoms with Crippen LogP contribution in [0.3, 0.4) is 0 Å². The third-order valence-electron chi connectivity index (χ3n) is 2.68. The van der Waals surface area contributed by atoms with E-state index in [-0.39, 0.29) is 5.91 Å². The Morgan fingerprint density at radius 2 is 1.86 bits per heavy atom. The van der Waals surface area contributed by atoms with Crippen molar-refractivity contribution >= 4 is 29.0 Å². The topological polar surface area (TPSA) is 66.9 Å². The van der Waals surface area contributed by atoms with E-state index in [4.69, 9.17) is 11.6 Å². The largest absolute Gasteiger partial charge is 0.350 e. The summed E-state index contributed by atoms with van der Waals surface area (Å²) < 4.78 is 0. The molecule has 0 saturated carbocycles. The monoisotopic (exact) mass is 304 g/mol. The van der Waals surface area contributed by atoms with E-state index in [1.807, 2.05) is 26.0 Å². The van der Waals surface area contributed by atoms with Crippen LogP contribution in [0, 0.1) is 5.92 Å². The van der Waals surface area contributed by atoms with Crippen LogP contribution < -0.4 is 10.6 Å². The van der Waals surface area contributed by atoms with Gasteiger partial charge >= 0.3 is 0 Å². The number of nitrogens with zero attached hydrogens (tertiary/aromatic N) is 2. The highest BCUT2D eigenvalue weighted by Crippen LogP contribution is 2.17. The first kappa shape index (κ1) is 15.3. The molecule has 110 valence electrons. The number of hydrogen-bond acceptors (Lipinski definition) is 4. The zero-order chi connectivity index (χ0) is 15.2. The molecule has 21 heavy (non-hydrogen) atoms. The van der Waals surface area contributed by atoms with Gasteiger partial charge in [0.05, 0.1) is 0 Å². The molecule has 0 aliphatic rings. The summed E-state index contributed by atoms with van der Waals surface area (Å²) in [5.41, 5.74) is 1.16. The van der Waals surface area contributed by atoms with Gasteiger partial charge in [0.15, 0.2) is 11.5 Å². The Hall–Kier alpha value is -2.14. The predicted octanol–water partition coefficient (Wildman–Crippen LogP) is 3.26. The quantitative estimate of drug-likeness (QED) is 0.890. The summed E-state index contributed by atoms with van der Waals surface area (Å²) in [6.07, 6.45) is 0. The minimum Gasteiger partial charge on any atom is -0.350 e. The lowest BCUT2D eigenvalue weighted by Crippen LogP contribution is -2.28. The Balaban J connectivity index is 1.98. The van der Waals surface area contributed by atoms with Gasteiger partial charge in [-0.05, 0) is 42.3 Å². The number of amides is 1. The van der Waals surface area contributed by atoms with Gasteiger partial charge in [-0.25, -0.2) is 0 Å². The molecule has 0 unspecified atom stereocenters. The highest BCUT2D eigenvalue weighted by molar-refractivity contribution is 6.30. The summed E-state index contributed by atoms with van der Waals surface area (Å²) in [5, 5.41) is 14.5. The van der Waals surface area contributed by atoms with Crippen LogP contribution in [0.5, 0.6) is 0 Å². The van der Waals surface area contributed by atoms with Crippen molar-refractivity contribution in [2.75, 3.05) is 11.9 Å². The summed E-state index contributed by atoms with van der Waals surface area (Å²) in [7, 11) is 0. The average molecular weight is 305 g/mol. The average Bonchev–Trinajstić information content (AvgIpc) is 2.48. The third-order valence-corrected chi connectivity index (χ3v) is 2.94. The fourth-order valence-electron chi connectivity index (χ4n) is 1.59. The first-order valence-corrected chi connectivity index (χ1v) is 7.07. The number of carbonyl (C=O) groups is 1. The molecule has 0 spiro atoms. The molecule has 0 bridgehead atoms. The first-order valence-electron chi connectivity index (χ1n) is 6.69. The number of anilines is 2. The summed E-state index contributed by atoms with van der Waals surface area (Å²) >= 11 is 5.82. The van der Waals surface area contributed by atoms with Crippen molar-refractivity contribution in [3.63, 3.8) is 0 Å². The molecular weight excluding hydrogens is 288 g/mol. The van der Waals surface area contributed by atoms with E-state index < -0.39 is 0 Å². The van der Waals surface area contributed by atoms with Crippen LogP contribution in [-0.2, 0) is 0 Å². The summed E-state index contributed by atoms with van der Waals surface area (Å²) in [6, 6.07) is 10.6. The number of nitrogens with one attached hydrogen (secondary N) is 2. The fourth-order valence-corrected chi connectivity index (χ4v) is 1.71. The smallest absolute Gasteiger partial charge is 0.271 e.